The molecule has 1 rings (SSSR count). The minimum Gasteiger partial charge on any atom is -0.508 e. The van der Waals surface area contributed by atoms with Gasteiger partial charge in [-0.25, -0.2) is 0 Å². The van der Waals surface area contributed by atoms with Gasteiger partial charge in [0.1, 0.15) is 42.0 Å². The largest absolute Gasteiger partial charge is 0.508 e. The molecule has 480 valence electrons. The number of unbranched alkanes of at least 4 members (excludes halogenated alkanes) is 3. The zero-order valence-corrected chi connectivity index (χ0v) is 52.3. The van der Waals surface area contributed by atoms with E-state index in [4.69, 9.17) is 28.7 Å². The van der Waals surface area contributed by atoms with Crippen LogP contribution in [0.25, 0.3) is 0 Å². The second-order valence-corrected chi connectivity index (χ2v) is 22.7. The lowest BCUT2D eigenvalue weighted by Crippen LogP contribution is -2.59. The van der Waals surface area contributed by atoms with E-state index in [1.807, 2.05) is 20.1 Å². The molecule has 85 heavy (non-hydrogen) atoms. The number of carbonyl (C=O) groups is 10. The van der Waals surface area contributed by atoms with Crippen LogP contribution in [0.2, 0.25) is 0 Å². The fourth-order valence-electron chi connectivity index (χ4n) is 8.10. The summed E-state index contributed by atoms with van der Waals surface area (Å²) in [5.41, 5.74) is 27.6. The molecule has 0 aliphatic rings. The number of carbonyl (C=O) groups excluding carboxylic acids is 10. The van der Waals surface area contributed by atoms with E-state index < -0.39 is 108 Å². The third-order valence-corrected chi connectivity index (χ3v) is 14.1. The van der Waals surface area contributed by atoms with E-state index in [2.05, 4.69) is 88.4 Å². The van der Waals surface area contributed by atoms with E-state index >= 15 is 0 Å². The van der Waals surface area contributed by atoms with Crippen molar-refractivity contribution in [1.29, 1.82) is 0 Å². The molecule has 1 aromatic carbocycles. The maximum absolute atomic E-state index is 14.1. The minimum atomic E-state index is -1.29. The first-order valence-corrected chi connectivity index (χ1v) is 31.2. The smallest absolute Gasteiger partial charge is 0.244 e. The summed E-state index contributed by atoms with van der Waals surface area (Å²) in [7, 11) is 0. The van der Waals surface area contributed by atoms with Gasteiger partial charge in [-0.1, -0.05) is 39.8 Å². The SMILES string of the molecule is CSCC[C@H](NC(=O)[C@H](CS)NC(=O)CCCCN=C(N)N)C(=O)N[C@@H](CC(C)C)C(=O)NCC(=O)N[C@@H](CCCN=C(N)N)C(=O)N[C@H](C(=O)N[C@@H](Cc1ccc(O)cc1)C(=O)NCCCCC(=O)NCCCCN[C@@H](CS)C(N)=O)C(C)C. The maximum atomic E-state index is 14.1. The number of nitrogens with one attached hydrogen (secondary N) is 10. The number of nitrogens with zero attached hydrogens (tertiary/aromatic N) is 2. The van der Waals surface area contributed by atoms with E-state index in [1.165, 1.54) is 23.9 Å². The van der Waals surface area contributed by atoms with E-state index in [0.29, 0.717) is 69.5 Å². The molecule has 0 saturated carbocycles. The number of hydrogen-bond acceptors (Lipinski definition) is 17. The lowest BCUT2D eigenvalue weighted by molar-refractivity contribution is -0.135. The molecule has 0 spiro atoms. The molecule has 31 heteroatoms. The Hall–Kier alpha value is -6.73. The molecule has 0 saturated heterocycles. The average molecular weight is 1250 g/mol. The first-order chi connectivity index (χ1) is 40.3. The Balaban J connectivity index is 3.13. The van der Waals surface area contributed by atoms with Gasteiger partial charge in [0.2, 0.25) is 59.1 Å². The molecule has 0 bridgehead atoms. The van der Waals surface area contributed by atoms with Gasteiger partial charge in [0, 0.05) is 56.9 Å². The van der Waals surface area contributed by atoms with E-state index in [-0.39, 0.29) is 99.0 Å². The van der Waals surface area contributed by atoms with Crippen LogP contribution >= 0.6 is 37.0 Å². The predicted molar refractivity (Wildman–Crippen MR) is 336 cm³/mol. The molecule has 0 unspecified atom stereocenters. The molecular weight excluding hydrogens is 1160 g/mol. The topological polar surface area (TPSA) is 466 Å². The molecule has 10 amide bonds. The van der Waals surface area contributed by atoms with Crippen LogP contribution in [0.5, 0.6) is 5.75 Å². The van der Waals surface area contributed by atoms with Gasteiger partial charge in [-0.3, -0.25) is 57.9 Å². The van der Waals surface area contributed by atoms with Crippen molar-refractivity contribution in [2.24, 2.45) is 50.5 Å². The zero-order valence-electron chi connectivity index (χ0n) is 49.7. The normalized spacial score (nSPS) is 13.5. The van der Waals surface area contributed by atoms with Gasteiger partial charge in [0.05, 0.1) is 12.6 Å². The standard InChI is InChI=1S/C54H95N17O11S3/c1-32(2)27-38(69-49(79)37(20-26-85-5)68-51(81)41(31-84)67-43(74)15-7-9-24-63-53(56)57)48(78)65-29-44(75)66-36(13-12-25-64-54(58)59)50(80)71-45(33(3)4)52(82)70-39(28-34-16-18-35(72)19-17-34)47(77)62-23-8-6-14-42(73)61-22-11-10-21-60-40(30-83)46(55)76/h16-19,32-33,36-41,45,60,72,83-84H,6-15,20-31H2,1-5H3,(H2,55,76)(H,61,73)(H,62,77)(H,65,78)(H,66,75)(H,67,74)(H,68,81)(H,69,79)(H,70,82)(H,71,80)(H4,56,57,63)(H4,58,59,64)/t36-,37-,38-,39-,40-,41-,45-/m0/s1. The fourth-order valence-corrected chi connectivity index (χ4v) is 9.13. The molecule has 0 radical (unpaired) electrons. The highest BCUT2D eigenvalue weighted by Crippen LogP contribution is 2.14. The lowest BCUT2D eigenvalue weighted by atomic mass is 10.00. The van der Waals surface area contributed by atoms with Gasteiger partial charge in [0.25, 0.3) is 0 Å². The first-order valence-electron chi connectivity index (χ1n) is 28.6. The molecule has 0 aliphatic carbocycles. The number of benzene rings is 1. The first kappa shape index (κ1) is 76.3. The summed E-state index contributed by atoms with van der Waals surface area (Å²) in [5.74, 6) is -6.26. The highest BCUT2D eigenvalue weighted by atomic mass is 32.2. The Bertz CT molecular complexity index is 2330. The van der Waals surface area contributed by atoms with Gasteiger partial charge in [-0.05, 0) is 112 Å². The van der Waals surface area contributed by atoms with Gasteiger partial charge in [-0.15, -0.1) is 0 Å². The van der Waals surface area contributed by atoms with Gasteiger partial charge in [-0.2, -0.15) is 37.0 Å². The summed E-state index contributed by atoms with van der Waals surface area (Å²) < 4.78 is 0. The quantitative estimate of drug-likeness (QED) is 0.0138. The third kappa shape index (κ3) is 34.7. The van der Waals surface area contributed by atoms with Crippen LogP contribution in [0.15, 0.2) is 34.3 Å². The average Bonchev–Trinajstić information content (AvgIpc) is 3.56. The molecule has 0 fully saturated rings. The van der Waals surface area contributed by atoms with Gasteiger partial charge in [0.15, 0.2) is 11.9 Å². The molecule has 0 aromatic heterocycles. The highest BCUT2D eigenvalue weighted by Gasteiger charge is 2.33. The van der Waals surface area contributed by atoms with Crippen LogP contribution in [0.3, 0.4) is 0 Å². The number of phenols is 1. The molecular formula is C54H95N17O11S3. The van der Waals surface area contributed by atoms with Gasteiger partial charge >= 0.3 is 0 Å². The van der Waals surface area contributed by atoms with Crippen molar-refractivity contribution in [3.05, 3.63) is 29.8 Å². The number of rotatable bonds is 45. The van der Waals surface area contributed by atoms with Crippen molar-refractivity contribution in [1.82, 2.24) is 53.2 Å². The number of aromatic hydroxyl groups is 1. The highest BCUT2D eigenvalue weighted by molar-refractivity contribution is 7.98. The number of hydrogen-bond donors (Lipinski definition) is 18. The number of phenolic OH excluding ortho intramolecular Hbond substituents is 1. The Morgan fingerprint density at radius 1 is 0.529 bits per heavy atom. The Morgan fingerprint density at radius 3 is 1.65 bits per heavy atom. The van der Waals surface area contributed by atoms with Crippen LogP contribution in [0.4, 0.5) is 0 Å². The molecule has 21 N–H and O–H groups in total. The van der Waals surface area contributed by atoms with Crippen molar-refractivity contribution < 1.29 is 53.1 Å². The minimum absolute atomic E-state index is 0.00186. The summed E-state index contributed by atoms with van der Waals surface area (Å²) in [5, 5.41) is 37.2. The Kier molecular flexibility index (Phi) is 39.3. The Morgan fingerprint density at radius 2 is 1.05 bits per heavy atom. The monoisotopic (exact) mass is 1250 g/mol. The third-order valence-electron chi connectivity index (χ3n) is 12.8. The summed E-state index contributed by atoms with van der Waals surface area (Å²) in [6.45, 7) is 7.92. The molecule has 0 aliphatic heterocycles. The maximum Gasteiger partial charge on any atom is 0.244 e. The molecule has 28 nitrogen and oxygen atoms in total. The van der Waals surface area contributed by atoms with E-state index in [9.17, 15) is 53.1 Å². The van der Waals surface area contributed by atoms with Crippen LogP contribution in [-0.4, -0.2) is 181 Å². The van der Waals surface area contributed by atoms with Crippen LogP contribution in [0.1, 0.15) is 110 Å². The Labute approximate surface area is 514 Å². The number of nitrogens with two attached hydrogens (primary N) is 5. The summed E-state index contributed by atoms with van der Waals surface area (Å²) in [6, 6.07) is -1.51. The van der Waals surface area contributed by atoms with Crippen molar-refractivity contribution >= 4 is 108 Å². The number of thioether (sulfide) groups is 1. The van der Waals surface area contributed by atoms with Crippen molar-refractivity contribution in [2.75, 3.05) is 62.8 Å². The second kappa shape index (κ2) is 43.8. The van der Waals surface area contributed by atoms with E-state index in [1.54, 1.807) is 26.0 Å². The zero-order chi connectivity index (χ0) is 63.9. The summed E-state index contributed by atoms with van der Waals surface area (Å²) in [6.07, 6.45) is 5.86. The second-order valence-electron chi connectivity index (χ2n) is 20.9. The lowest BCUT2D eigenvalue weighted by Gasteiger charge is -2.27. The molecule has 0 heterocycles. The van der Waals surface area contributed by atoms with Crippen LogP contribution in [0, 0.1) is 11.8 Å². The van der Waals surface area contributed by atoms with Crippen LogP contribution < -0.4 is 81.8 Å². The number of thiol groups is 2. The number of guanidine groups is 2. The van der Waals surface area contributed by atoms with Gasteiger partial charge < -0.3 is 86.9 Å². The number of aliphatic imine (C=N–C) groups is 2. The van der Waals surface area contributed by atoms with Crippen molar-refractivity contribution in [3.8, 4) is 5.75 Å². The van der Waals surface area contributed by atoms with Crippen molar-refractivity contribution in [2.45, 2.75) is 153 Å². The number of primary amides is 1. The number of amides is 10. The molecule has 7 atom stereocenters. The van der Waals surface area contributed by atoms with E-state index in [0.717, 1.165) is 0 Å². The van der Waals surface area contributed by atoms with Crippen LogP contribution in [-0.2, 0) is 54.4 Å². The van der Waals surface area contributed by atoms with Crippen molar-refractivity contribution in [3.63, 3.8) is 0 Å². The fraction of sp³-hybridized carbons (Fsp3) is 0.667. The summed E-state index contributed by atoms with van der Waals surface area (Å²) in [4.78, 5) is 141. The molecule has 1 aromatic rings. The summed E-state index contributed by atoms with van der Waals surface area (Å²) >= 11 is 9.77. The predicted octanol–water partition coefficient (Wildman–Crippen LogP) is -2.60.